The summed E-state index contributed by atoms with van der Waals surface area (Å²) in [4.78, 5) is 25.8. The van der Waals surface area contributed by atoms with E-state index in [0.717, 1.165) is 12.8 Å². The van der Waals surface area contributed by atoms with E-state index in [-0.39, 0.29) is 24.3 Å². The summed E-state index contributed by atoms with van der Waals surface area (Å²) in [5, 5.41) is 13.1. The number of ether oxygens (including phenoxy) is 1. The van der Waals surface area contributed by atoms with Gasteiger partial charge in [-0.2, -0.15) is 0 Å². The lowest BCUT2D eigenvalue weighted by Crippen LogP contribution is -2.48. The van der Waals surface area contributed by atoms with Gasteiger partial charge in [-0.3, -0.25) is 9.59 Å². The molecular formula is C14H22N2O4. The zero-order valence-electron chi connectivity index (χ0n) is 11.6. The zero-order chi connectivity index (χ0) is 14.2. The van der Waals surface area contributed by atoms with Crippen molar-refractivity contribution in [3.8, 4) is 0 Å². The SMILES string of the molecule is O=C(NCC1(O)CCOCC1)C1CC(=O)N(C2CC2)C1. The molecule has 2 aliphatic heterocycles. The Morgan fingerprint density at radius 1 is 1.40 bits per heavy atom. The fourth-order valence-electron chi connectivity index (χ4n) is 2.97. The lowest BCUT2D eigenvalue weighted by atomic mass is 9.94. The van der Waals surface area contributed by atoms with Crippen molar-refractivity contribution in [3.63, 3.8) is 0 Å². The molecule has 0 radical (unpaired) electrons. The molecule has 0 aromatic carbocycles. The number of nitrogens with zero attached hydrogens (tertiary/aromatic N) is 1. The molecule has 2 amide bonds. The van der Waals surface area contributed by atoms with E-state index in [1.807, 2.05) is 4.90 Å². The number of carbonyl (C=O) groups is 2. The molecule has 2 heterocycles. The molecule has 0 aromatic heterocycles. The van der Waals surface area contributed by atoms with Crippen molar-refractivity contribution in [2.45, 2.75) is 43.7 Å². The van der Waals surface area contributed by atoms with Gasteiger partial charge in [0.15, 0.2) is 0 Å². The number of likely N-dealkylation sites (tertiary alicyclic amines) is 1. The van der Waals surface area contributed by atoms with Gasteiger partial charge in [-0.05, 0) is 12.8 Å². The molecule has 3 aliphatic rings. The molecule has 112 valence electrons. The molecule has 0 bridgehead atoms. The normalized spacial score (nSPS) is 29.6. The van der Waals surface area contributed by atoms with Crippen LogP contribution in [0.25, 0.3) is 0 Å². The quantitative estimate of drug-likeness (QED) is 0.739. The first-order valence-corrected chi connectivity index (χ1v) is 7.45. The predicted molar refractivity (Wildman–Crippen MR) is 70.9 cm³/mol. The highest BCUT2D eigenvalue weighted by Crippen LogP contribution is 2.32. The fourth-order valence-corrected chi connectivity index (χ4v) is 2.97. The minimum Gasteiger partial charge on any atom is -0.388 e. The molecular weight excluding hydrogens is 260 g/mol. The Kier molecular flexibility index (Phi) is 3.69. The van der Waals surface area contributed by atoms with Crippen molar-refractivity contribution in [1.29, 1.82) is 0 Å². The van der Waals surface area contributed by atoms with Crippen LogP contribution in [0, 0.1) is 5.92 Å². The minimum atomic E-state index is -0.854. The van der Waals surface area contributed by atoms with Crippen LogP contribution in [-0.2, 0) is 14.3 Å². The van der Waals surface area contributed by atoms with Crippen LogP contribution in [0.5, 0.6) is 0 Å². The third kappa shape index (κ3) is 2.96. The predicted octanol–water partition coefficient (Wildman–Crippen LogP) is -0.345. The van der Waals surface area contributed by atoms with Crippen LogP contribution < -0.4 is 5.32 Å². The van der Waals surface area contributed by atoms with Crippen molar-refractivity contribution in [3.05, 3.63) is 0 Å². The molecule has 3 rings (SSSR count). The molecule has 1 atom stereocenters. The molecule has 6 nitrogen and oxygen atoms in total. The van der Waals surface area contributed by atoms with Crippen molar-refractivity contribution >= 4 is 11.8 Å². The molecule has 3 fully saturated rings. The molecule has 2 saturated heterocycles. The summed E-state index contributed by atoms with van der Waals surface area (Å²) < 4.78 is 5.21. The maximum absolute atomic E-state index is 12.1. The highest BCUT2D eigenvalue weighted by atomic mass is 16.5. The van der Waals surface area contributed by atoms with E-state index in [9.17, 15) is 14.7 Å². The summed E-state index contributed by atoms with van der Waals surface area (Å²) in [7, 11) is 0. The summed E-state index contributed by atoms with van der Waals surface area (Å²) in [6.07, 6.45) is 3.54. The molecule has 20 heavy (non-hydrogen) atoms. The zero-order valence-corrected chi connectivity index (χ0v) is 11.6. The minimum absolute atomic E-state index is 0.0948. The van der Waals surface area contributed by atoms with Crippen LogP contribution in [-0.4, -0.2) is 59.8 Å². The van der Waals surface area contributed by atoms with E-state index < -0.39 is 5.60 Å². The van der Waals surface area contributed by atoms with Gasteiger partial charge in [0, 0.05) is 51.6 Å². The van der Waals surface area contributed by atoms with Gasteiger partial charge in [-0.25, -0.2) is 0 Å². The molecule has 0 spiro atoms. The van der Waals surface area contributed by atoms with Crippen LogP contribution in [0.3, 0.4) is 0 Å². The Hall–Kier alpha value is -1.14. The van der Waals surface area contributed by atoms with Crippen LogP contribution in [0.4, 0.5) is 0 Å². The maximum Gasteiger partial charge on any atom is 0.225 e. The number of rotatable bonds is 4. The van der Waals surface area contributed by atoms with Crippen LogP contribution in [0.2, 0.25) is 0 Å². The Labute approximate surface area is 118 Å². The summed E-state index contributed by atoms with van der Waals surface area (Å²) in [6, 6.07) is 0.375. The van der Waals surface area contributed by atoms with Gasteiger partial charge in [-0.1, -0.05) is 0 Å². The Morgan fingerprint density at radius 2 is 2.10 bits per heavy atom. The van der Waals surface area contributed by atoms with Gasteiger partial charge in [0.05, 0.1) is 11.5 Å². The number of aliphatic hydroxyl groups is 1. The molecule has 1 saturated carbocycles. The first kappa shape index (κ1) is 13.8. The summed E-state index contributed by atoms with van der Waals surface area (Å²) in [6.45, 7) is 1.85. The van der Waals surface area contributed by atoms with Crippen molar-refractivity contribution in [2.24, 2.45) is 5.92 Å². The summed E-state index contributed by atoms with van der Waals surface area (Å²) in [5.41, 5.74) is -0.854. The van der Waals surface area contributed by atoms with Gasteiger partial charge in [0.1, 0.15) is 0 Å². The van der Waals surface area contributed by atoms with Crippen molar-refractivity contribution in [1.82, 2.24) is 10.2 Å². The first-order chi connectivity index (χ1) is 9.57. The molecule has 1 unspecified atom stereocenters. The molecule has 1 aliphatic carbocycles. The second-order valence-corrected chi connectivity index (χ2v) is 6.23. The van der Waals surface area contributed by atoms with E-state index in [1.54, 1.807) is 0 Å². The molecule has 0 aromatic rings. The topological polar surface area (TPSA) is 78.9 Å². The van der Waals surface area contributed by atoms with Crippen molar-refractivity contribution < 1.29 is 19.4 Å². The van der Waals surface area contributed by atoms with E-state index >= 15 is 0 Å². The van der Waals surface area contributed by atoms with Gasteiger partial charge in [-0.15, -0.1) is 0 Å². The summed E-state index contributed by atoms with van der Waals surface area (Å²) in [5.74, 6) is -0.273. The third-order valence-electron chi connectivity index (χ3n) is 4.53. The van der Waals surface area contributed by atoms with Crippen LogP contribution >= 0.6 is 0 Å². The average Bonchev–Trinajstić information content (AvgIpc) is 3.20. The van der Waals surface area contributed by atoms with Gasteiger partial charge in [0.2, 0.25) is 11.8 Å². The standard InChI is InChI=1S/C14H22N2O4/c17-12-7-10(8-16(12)11-1-2-11)13(18)15-9-14(19)3-5-20-6-4-14/h10-11,19H,1-9H2,(H,15,18). The number of amides is 2. The number of nitrogens with one attached hydrogen (secondary N) is 1. The first-order valence-electron chi connectivity index (χ1n) is 7.45. The van der Waals surface area contributed by atoms with Gasteiger partial charge in [0.25, 0.3) is 0 Å². The highest BCUT2D eigenvalue weighted by molar-refractivity contribution is 5.89. The largest absolute Gasteiger partial charge is 0.388 e. The van der Waals surface area contributed by atoms with Crippen molar-refractivity contribution in [2.75, 3.05) is 26.3 Å². The second kappa shape index (κ2) is 5.33. The van der Waals surface area contributed by atoms with Gasteiger partial charge >= 0.3 is 0 Å². The van der Waals surface area contributed by atoms with E-state index in [2.05, 4.69) is 5.32 Å². The highest BCUT2D eigenvalue weighted by Gasteiger charge is 2.42. The van der Waals surface area contributed by atoms with E-state index in [4.69, 9.17) is 4.74 Å². The number of carbonyl (C=O) groups excluding carboxylic acids is 2. The lowest BCUT2D eigenvalue weighted by molar-refractivity contribution is -0.130. The smallest absolute Gasteiger partial charge is 0.225 e. The average molecular weight is 282 g/mol. The fraction of sp³-hybridized carbons (Fsp3) is 0.857. The van der Waals surface area contributed by atoms with E-state index in [1.165, 1.54) is 0 Å². The van der Waals surface area contributed by atoms with E-state index in [0.29, 0.717) is 45.1 Å². The van der Waals surface area contributed by atoms with Gasteiger partial charge < -0.3 is 20.1 Å². The number of hydrogen-bond donors (Lipinski definition) is 2. The molecule has 6 heteroatoms. The van der Waals surface area contributed by atoms with Crippen LogP contribution in [0.15, 0.2) is 0 Å². The lowest BCUT2D eigenvalue weighted by Gasteiger charge is -2.32. The summed E-state index contributed by atoms with van der Waals surface area (Å²) >= 11 is 0. The Bertz CT molecular complexity index is 402. The second-order valence-electron chi connectivity index (χ2n) is 6.23. The third-order valence-corrected chi connectivity index (χ3v) is 4.53. The monoisotopic (exact) mass is 282 g/mol. The van der Waals surface area contributed by atoms with Crippen LogP contribution in [0.1, 0.15) is 32.1 Å². The molecule has 2 N–H and O–H groups in total. The Morgan fingerprint density at radius 3 is 2.75 bits per heavy atom. The Balaban J connectivity index is 1.48. The number of hydrogen-bond acceptors (Lipinski definition) is 4. The maximum atomic E-state index is 12.1.